The molecular weight excluding hydrogens is 396 g/mol. The summed E-state index contributed by atoms with van der Waals surface area (Å²) in [6.45, 7) is 7.69. The predicted molar refractivity (Wildman–Crippen MR) is 120 cm³/mol. The van der Waals surface area contributed by atoms with Gasteiger partial charge in [0.1, 0.15) is 0 Å². The van der Waals surface area contributed by atoms with Crippen LogP contribution in [0.2, 0.25) is 0 Å². The number of nitrogens with one attached hydrogen (secondary N) is 1. The van der Waals surface area contributed by atoms with Crippen molar-refractivity contribution < 1.29 is 9.47 Å². The molecule has 154 valence electrons. The van der Waals surface area contributed by atoms with Crippen LogP contribution in [-0.4, -0.2) is 21.5 Å². The molecule has 0 aliphatic carbocycles. The second-order valence-corrected chi connectivity index (χ2v) is 7.99. The number of pyridine rings is 1. The number of rotatable bonds is 4. The number of ether oxygens (including phenoxy) is 2. The first kappa shape index (κ1) is 18.9. The van der Waals surface area contributed by atoms with Crippen LogP contribution in [0.5, 0.6) is 11.5 Å². The molecule has 1 aromatic carbocycles. The molecule has 2 aliphatic rings. The molecule has 0 bridgehead atoms. The van der Waals surface area contributed by atoms with Crippen LogP contribution in [-0.2, 0) is 6.54 Å². The van der Waals surface area contributed by atoms with Crippen molar-refractivity contribution in [1.29, 1.82) is 0 Å². The summed E-state index contributed by atoms with van der Waals surface area (Å²) in [7, 11) is 0. The fraction of sp³-hybridized carbons (Fsp3) is 0.304. The van der Waals surface area contributed by atoms with Crippen LogP contribution in [0.1, 0.15) is 41.7 Å². The quantitative estimate of drug-likeness (QED) is 0.631. The van der Waals surface area contributed by atoms with Gasteiger partial charge in [0.2, 0.25) is 6.79 Å². The Kier molecular flexibility index (Phi) is 4.62. The fourth-order valence-corrected chi connectivity index (χ4v) is 4.94. The van der Waals surface area contributed by atoms with E-state index >= 15 is 0 Å². The molecule has 3 aromatic rings. The molecule has 0 saturated carbocycles. The van der Waals surface area contributed by atoms with Crippen molar-refractivity contribution in [2.45, 2.75) is 39.4 Å². The van der Waals surface area contributed by atoms with E-state index < -0.39 is 0 Å². The van der Waals surface area contributed by atoms with Gasteiger partial charge in [0.15, 0.2) is 16.6 Å². The Balaban J connectivity index is 1.66. The largest absolute Gasteiger partial charge is 0.454 e. The highest BCUT2D eigenvalue weighted by Gasteiger charge is 2.42. The Labute approximate surface area is 181 Å². The van der Waals surface area contributed by atoms with E-state index in [0.29, 0.717) is 5.11 Å². The maximum Gasteiger partial charge on any atom is 0.231 e. The van der Waals surface area contributed by atoms with Crippen molar-refractivity contribution in [1.82, 2.24) is 14.9 Å². The van der Waals surface area contributed by atoms with E-state index in [0.717, 1.165) is 29.4 Å². The predicted octanol–water partition coefficient (Wildman–Crippen LogP) is 4.43. The first-order valence-corrected chi connectivity index (χ1v) is 10.6. The SMILES string of the molecule is CCn1c(C)cc([C@H]2[C@H](c3ccccn3)NC(=S)N2c2ccc3c(c2)OCO3)c1C. The van der Waals surface area contributed by atoms with Crippen LogP contribution < -0.4 is 19.7 Å². The van der Waals surface area contributed by atoms with E-state index in [4.69, 9.17) is 21.7 Å². The molecule has 0 unspecified atom stereocenters. The third kappa shape index (κ3) is 2.92. The zero-order chi connectivity index (χ0) is 20.8. The smallest absolute Gasteiger partial charge is 0.231 e. The summed E-state index contributed by atoms with van der Waals surface area (Å²) in [6, 6.07) is 14.2. The van der Waals surface area contributed by atoms with Gasteiger partial charge in [-0.3, -0.25) is 4.98 Å². The third-order valence-corrected chi connectivity index (χ3v) is 6.29. The highest BCUT2D eigenvalue weighted by atomic mass is 32.1. The Bertz CT molecular complexity index is 1110. The Hall–Kier alpha value is -3.06. The fourth-order valence-electron chi connectivity index (χ4n) is 4.60. The lowest BCUT2D eigenvalue weighted by Crippen LogP contribution is -2.29. The zero-order valence-electron chi connectivity index (χ0n) is 17.3. The molecule has 0 spiro atoms. The number of nitrogens with zero attached hydrogens (tertiary/aromatic N) is 3. The van der Waals surface area contributed by atoms with Gasteiger partial charge in [-0.25, -0.2) is 0 Å². The molecule has 0 radical (unpaired) electrons. The number of benzene rings is 1. The molecule has 0 amide bonds. The molecule has 1 N–H and O–H groups in total. The minimum Gasteiger partial charge on any atom is -0.454 e. The van der Waals surface area contributed by atoms with Gasteiger partial charge in [-0.05, 0) is 68.9 Å². The van der Waals surface area contributed by atoms with Crippen molar-refractivity contribution in [3.63, 3.8) is 0 Å². The maximum absolute atomic E-state index is 5.82. The van der Waals surface area contributed by atoms with Crippen LogP contribution in [0.15, 0.2) is 48.7 Å². The molecule has 2 atom stereocenters. The highest BCUT2D eigenvalue weighted by molar-refractivity contribution is 7.80. The first-order valence-electron chi connectivity index (χ1n) is 10.2. The van der Waals surface area contributed by atoms with Gasteiger partial charge in [-0.1, -0.05) is 6.07 Å². The minimum atomic E-state index is -0.0603. The summed E-state index contributed by atoms with van der Waals surface area (Å²) >= 11 is 5.82. The molecule has 1 saturated heterocycles. The zero-order valence-corrected chi connectivity index (χ0v) is 18.1. The van der Waals surface area contributed by atoms with Crippen LogP contribution >= 0.6 is 12.2 Å². The second-order valence-electron chi connectivity index (χ2n) is 7.60. The number of hydrogen-bond acceptors (Lipinski definition) is 4. The number of anilines is 1. The summed E-state index contributed by atoms with van der Waals surface area (Å²) in [5, 5.41) is 4.20. The number of thiocarbonyl (C=S) groups is 1. The standard InChI is InChI=1S/C23H24N4O2S/c1-4-26-14(2)11-17(15(26)3)22-21(18-7-5-6-10-24-18)25-23(30)27(22)16-8-9-19-20(12-16)29-13-28-19/h5-12,21-22H,4,13H2,1-3H3,(H,25,30)/t21-,22-/m0/s1. The van der Waals surface area contributed by atoms with E-state index in [9.17, 15) is 0 Å². The van der Waals surface area contributed by atoms with Crippen molar-refractivity contribution in [3.8, 4) is 11.5 Å². The second kappa shape index (κ2) is 7.32. The summed E-state index contributed by atoms with van der Waals surface area (Å²) < 4.78 is 13.5. The van der Waals surface area contributed by atoms with Crippen molar-refractivity contribution in [2.75, 3.05) is 11.7 Å². The lowest BCUT2D eigenvalue weighted by atomic mass is 9.96. The van der Waals surface area contributed by atoms with Crippen LogP contribution in [0.3, 0.4) is 0 Å². The van der Waals surface area contributed by atoms with Gasteiger partial charge in [0, 0.05) is 35.9 Å². The number of hydrogen-bond donors (Lipinski definition) is 1. The van der Waals surface area contributed by atoms with Crippen LogP contribution in [0.4, 0.5) is 5.69 Å². The summed E-state index contributed by atoms with van der Waals surface area (Å²) in [5.41, 5.74) is 5.68. The van der Waals surface area contributed by atoms with Gasteiger partial charge in [0.25, 0.3) is 0 Å². The molecular formula is C23H24N4O2S. The molecule has 30 heavy (non-hydrogen) atoms. The van der Waals surface area contributed by atoms with E-state index in [1.54, 1.807) is 0 Å². The van der Waals surface area contributed by atoms with Gasteiger partial charge >= 0.3 is 0 Å². The monoisotopic (exact) mass is 420 g/mol. The summed E-state index contributed by atoms with van der Waals surface area (Å²) in [6.07, 6.45) is 1.83. The van der Waals surface area contributed by atoms with Crippen molar-refractivity contribution >= 4 is 23.0 Å². The lowest BCUT2D eigenvalue weighted by molar-refractivity contribution is 0.174. The molecule has 4 heterocycles. The van der Waals surface area contributed by atoms with E-state index in [1.807, 2.05) is 36.5 Å². The topological polar surface area (TPSA) is 51.6 Å². The van der Waals surface area contributed by atoms with E-state index in [-0.39, 0.29) is 18.9 Å². The Morgan fingerprint density at radius 1 is 1.13 bits per heavy atom. The molecule has 2 aliphatic heterocycles. The van der Waals surface area contributed by atoms with Gasteiger partial charge < -0.3 is 24.3 Å². The first-order chi connectivity index (χ1) is 14.6. The van der Waals surface area contributed by atoms with E-state index in [1.165, 1.54) is 17.0 Å². The molecule has 7 heteroatoms. The normalized spacial score (nSPS) is 20.0. The number of fused-ring (bicyclic) bond motifs is 1. The third-order valence-electron chi connectivity index (χ3n) is 5.98. The van der Waals surface area contributed by atoms with Gasteiger partial charge in [-0.15, -0.1) is 0 Å². The van der Waals surface area contributed by atoms with Crippen LogP contribution in [0.25, 0.3) is 0 Å². The Morgan fingerprint density at radius 3 is 2.70 bits per heavy atom. The lowest BCUT2D eigenvalue weighted by Gasteiger charge is -2.28. The van der Waals surface area contributed by atoms with Crippen molar-refractivity contribution in [2.24, 2.45) is 0 Å². The van der Waals surface area contributed by atoms with Crippen LogP contribution in [0, 0.1) is 13.8 Å². The Morgan fingerprint density at radius 2 is 1.97 bits per heavy atom. The summed E-state index contributed by atoms with van der Waals surface area (Å²) in [5.74, 6) is 1.51. The molecule has 1 fully saturated rings. The summed E-state index contributed by atoms with van der Waals surface area (Å²) in [4.78, 5) is 6.81. The highest BCUT2D eigenvalue weighted by Crippen LogP contribution is 2.45. The molecule has 2 aromatic heterocycles. The average Bonchev–Trinajstić information content (AvgIpc) is 3.43. The van der Waals surface area contributed by atoms with Gasteiger partial charge in [0.05, 0.1) is 17.8 Å². The number of aromatic nitrogens is 2. The minimum absolute atomic E-state index is 0.0285. The van der Waals surface area contributed by atoms with Gasteiger partial charge in [-0.2, -0.15) is 0 Å². The maximum atomic E-state index is 5.82. The molecule has 6 nitrogen and oxygen atoms in total. The average molecular weight is 421 g/mol. The molecule has 5 rings (SSSR count). The number of aryl methyl sites for hydroxylation is 1. The van der Waals surface area contributed by atoms with Crippen molar-refractivity contribution in [3.05, 3.63) is 71.3 Å². The van der Waals surface area contributed by atoms with E-state index in [2.05, 4.69) is 52.7 Å².